The number of halogens is 1. The van der Waals surface area contributed by atoms with Gasteiger partial charge in [-0.1, -0.05) is 25.7 Å². The summed E-state index contributed by atoms with van der Waals surface area (Å²) in [5.74, 6) is 0.560. The Labute approximate surface area is 96.3 Å². The lowest BCUT2D eigenvalue weighted by Gasteiger charge is -2.20. The molecule has 0 spiro atoms. The first-order valence-corrected chi connectivity index (χ1v) is 6.08. The molecule has 1 aromatic heterocycles. The molecule has 1 atom stereocenters. The molecule has 0 amide bonds. The van der Waals surface area contributed by atoms with Crippen LogP contribution in [-0.4, -0.2) is 12.0 Å². The molecule has 1 aliphatic rings. The van der Waals surface area contributed by atoms with Crippen LogP contribution >= 0.6 is 0 Å². The predicted molar refractivity (Wildman–Crippen MR) is 62.6 cm³/mol. The number of hydrogen-bond acceptors (Lipinski definition) is 2. The van der Waals surface area contributed by atoms with Gasteiger partial charge >= 0.3 is 0 Å². The molecule has 1 heterocycles. The summed E-state index contributed by atoms with van der Waals surface area (Å²) >= 11 is 0. The Kier molecular flexibility index (Phi) is 3.88. The SMILES string of the molecule is CNC(CC1CCCC1)c1ccncc1F. The highest BCUT2D eigenvalue weighted by Crippen LogP contribution is 2.33. The fourth-order valence-corrected chi connectivity index (χ4v) is 2.65. The van der Waals surface area contributed by atoms with Crippen molar-refractivity contribution in [2.45, 2.75) is 38.1 Å². The van der Waals surface area contributed by atoms with Crippen molar-refractivity contribution in [1.82, 2.24) is 10.3 Å². The zero-order valence-electron chi connectivity index (χ0n) is 9.75. The maximum absolute atomic E-state index is 13.6. The quantitative estimate of drug-likeness (QED) is 0.847. The first kappa shape index (κ1) is 11.5. The van der Waals surface area contributed by atoms with Crippen LogP contribution in [0.15, 0.2) is 18.5 Å². The maximum atomic E-state index is 13.6. The third kappa shape index (κ3) is 2.59. The maximum Gasteiger partial charge on any atom is 0.146 e. The van der Waals surface area contributed by atoms with Gasteiger partial charge in [0.05, 0.1) is 6.20 Å². The molecule has 2 nitrogen and oxygen atoms in total. The third-order valence-electron chi connectivity index (χ3n) is 3.57. The van der Waals surface area contributed by atoms with Crippen molar-refractivity contribution < 1.29 is 4.39 Å². The second-order valence-electron chi connectivity index (χ2n) is 4.62. The Morgan fingerprint density at radius 1 is 1.50 bits per heavy atom. The molecule has 1 fully saturated rings. The van der Waals surface area contributed by atoms with E-state index in [0.717, 1.165) is 17.9 Å². The molecule has 0 aromatic carbocycles. The lowest BCUT2D eigenvalue weighted by molar-refractivity contribution is 0.402. The van der Waals surface area contributed by atoms with Crippen molar-refractivity contribution in [3.05, 3.63) is 29.8 Å². The van der Waals surface area contributed by atoms with Gasteiger partial charge in [-0.15, -0.1) is 0 Å². The number of pyridine rings is 1. The summed E-state index contributed by atoms with van der Waals surface area (Å²) in [7, 11) is 1.90. The molecule has 0 aliphatic heterocycles. The van der Waals surface area contributed by atoms with Crippen LogP contribution in [0.5, 0.6) is 0 Å². The molecule has 0 bridgehead atoms. The van der Waals surface area contributed by atoms with E-state index in [-0.39, 0.29) is 11.9 Å². The van der Waals surface area contributed by atoms with E-state index in [1.54, 1.807) is 12.3 Å². The van der Waals surface area contributed by atoms with Gasteiger partial charge in [0.2, 0.25) is 0 Å². The van der Waals surface area contributed by atoms with Crippen molar-refractivity contribution in [1.29, 1.82) is 0 Å². The van der Waals surface area contributed by atoms with E-state index in [4.69, 9.17) is 0 Å². The standard InChI is InChI=1S/C13H19FN2/c1-15-13(8-10-4-2-3-5-10)11-6-7-16-9-12(11)14/h6-7,9-10,13,15H,2-5,8H2,1H3. The molecule has 0 radical (unpaired) electrons. The van der Waals surface area contributed by atoms with Gasteiger partial charge in [-0.2, -0.15) is 0 Å². The average Bonchev–Trinajstić information content (AvgIpc) is 2.80. The monoisotopic (exact) mass is 222 g/mol. The smallest absolute Gasteiger partial charge is 0.146 e. The largest absolute Gasteiger partial charge is 0.313 e. The molecule has 88 valence electrons. The summed E-state index contributed by atoms with van der Waals surface area (Å²) < 4.78 is 13.6. The lowest BCUT2D eigenvalue weighted by Crippen LogP contribution is -2.20. The van der Waals surface area contributed by atoms with Gasteiger partial charge in [0.1, 0.15) is 5.82 Å². The fraction of sp³-hybridized carbons (Fsp3) is 0.615. The summed E-state index contributed by atoms with van der Waals surface area (Å²) in [5.41, 5.74) is 0.754. The van der Waals surface area contributed by atoms with E-state index >= 15 is 0 Å². The van der Waals surface area contributed by atoms with Crippen LogP contribution in [0.2, 0.25) is 0 Å². The first-order valence-electron chi connectivity index (χ1n) is 6.08. The van der Waals surface area contributed by atoms with E-state index < -0.39 is 0 Å². The minimum absolute atomic E-state index is 0.131. The Morgan fingerprint density at radius 3 is 2.88 bits per heavy atom. The van der Waals surface area contributed by atoms with Crippen molar-refractivity contribution in [3.63, 3.8) is 0 Å². The van der Waals surface area contributed by atoms with E-state index in [1.165, 1.54) is 31.9 Å². The molecular formula is C13H19FN2. The molecule has 16 heavy (non-hydrogen) atoms. The Balaban J connectivity index is 2.06. The van der Waals surface area contributed by atoms with Gasteiger partial charge in [-0.3, -0.25) is 4.98 Å². The topological polar surface area (TPSA) is 24.9 Å². The van der Waals surface area contributed by atoms with E-state index in [1.807, 2.05) is 7.05 Å². The zero-order chi connectivity index (χ0) is 11.4. The van der Waals surface area contributed by atoms with Crippen LogP contribution in [0.3, 0.4) is 0 Å². The van der Waals surface area contributed by atoms with Gasteiger partial charge in [-0.05, 0) is 25.5 Å². The van der Waals surface area contributed by atoms with Crippen molar-refractivity contribution >= 4 is 0 Å². The molecule has 1 aliphatic carbocycles. The van der Waals surface area contributed by atoms with Crippen molar-refractivity contribution in [3.8, 4) is 0 Å². The lowest BCUT2D eigenvalue weighted by atomic mass is 9.94. The summed E-state index contributed by atoms with van der Waals surface area (Å²) in [4.78, 5) is 3.79. The molecule has 1 aromatic rings. The van der Waals surface area contributed by atoms with Gasteiger partial charge in [0, 0.05) is 17.8 Å². The highest BCUT2D eigenvalue weighted by Gasteiger charge is 2.21. The van der Waals surface area contributed by atoms with Crippen molar-refractivity contribution in [2.75, 3.05) is 7.05 Å². The predicted octanol–water partition coefficient (Wildman–Crippen LogP) is 3.06. The number of nitrogens with zero attached hydrogens (tertiary/aromatic N) is 1. The Bertz CT molecular complexity index is 334. The summed E-state index contributed by atoms with van der Waals surface area (Å²) in [6.07, 6.45) is 9.26. The highest BCUT2D eigenvalue weighted by molar-refractivity contribution is 5.17. The van der Waals surface area contributed by atoms with Gasteiger partial charge in [-0.25, -0.2) is 4.39 Å². The van der Waals surface area contributed by atoms with Crippen LogP contribution in [-0.2, 0) is 0 Å². The number of aromatic nitrogens is 1. The highest BCUT2D eigenvalue weighted by atomic mass is 19.1. The van der Waals surface area contributed by atoms with Gasteiger partial charge < -0.3 is 5.32 Å². The second kappa shape index (κ2) is 5.39. The molecule has 1 unspecified atom stereocenters. The zero-order valence-corrected chi connectivity index (χ0v) is 9.75. The van der Waals surface area contributed by atoms with Gasteiger partial charge in [0.15, 0.2) is 0 Å². The van der Waals surface area contributed by atoms with Crippen LogP contribution in [0.1, 0.15) is 43.7 Å². The summed E-state index contributed by atoms with van der Waals surface area (Å²) in [6.45, 7) is 0. The average molecular weight is 222 g/mol. The Morgan fingerprint density at radius 2 is 2.25 bits per heavy atom. The minimum Gasteiger partial charge on any atom is -0.313 e. The number of hydrogen-bond donors (Lipinski definition) is 1. The second-order valence-corrected chi connectivity index (χ2v) is 4.62. The van der Waals surface area contributed by atoms with Gasteiger partial charge in [0.25, 0.3) is 0 Å². The van der Waals surface area contributed by atoms with E-state index in [0.29, 0.717) is 0 Å². The third-order valence-corrected chi connectivity index (χ3v) is 3.57. The molecule has 1 N–H and O–H groups in total. The molecule has 1 saturated carbocycles. The van der Waals surface area contributed by atoms with Crippen molar-refractivity contribution in [2.24, 2.45) is 5.92 Å². The van der Waals surface area contributed by atoms with Crippen LogP contribution in [0.25, 0.3) is 0 Å². The molecule has 0 saturated heterocycles. The van der Waals surface area contributed by atoms with Crippen LogP contribution < -0.4 is 5.32 Å². The van der Waals surface area contributed by atoms with E-state index in [9.17, 15) is 4.39 Å². The molecule has 2 rings (SSSR count). The summed E-state index contributed by atoms with van der Waals surface area (Å²) in [6, 6.07) is 1.91. The fourth-order valence-electron chi connectivity index (χ4n) is 2.65. The summed E-state index contributed by atoms with van der Waals surface area (Å²) in [5, 5.41) is 3.22. The minimum atomic E-state index is -0.195. The molecule has 3 heteroatoms. The van der Waals surface area contributed by atoms with Crippen LogP contribution in [0.4, 0.5) is 4.39 Å². The normalized spacial score (nSPS) is 18.9. The van der Waals surface area contributed by atoms with E-state index in [2.05, 4.69) is 10.3 Å². The number of nitrogens with one attached hydrogen (secondary N) is 1. The molecular weight excluding hydrogens is 203 g/mol. The van der Waals surface area contributed by atoms with Crippen LogP contribution in [0, 0.1) is 11.7 Å². The first-order chi connectivity index (χ1) is 7.81. The number of rotatable bonds is 4. The Hall–Kier alpha value is -0.960.